The summed E-state index contributed by atoms with van der Waals surface area (Å²) in [5.74, 6) is 1.84. The van der Waals surface area contributed by atoms with E-state index < -0.39 is 0 Å². The standard InChI is InChI=1S/C36H54N2O3/c1-35(2,3)30-36(4,5)32-15-19-34(20-16-32)41-28-27-39-26-24-38(6,7)29-31-13-17-33(18-14-31)40-25-12-11-23-37-21-9-8-10-22-37/h8-10,13-22H,11-12,23-30H2,1-7H3/q+2. The summed E-state index contributed by atoms with van der Waals surface area (Å²) < 4.78 is 20.9. The number of hydrogen-bond donors (Lipinski definition) is 0. The highest BCUT2D eigenvalue weighted by Crippen LogP contribution is 2.36. The number of aromatic nitrogens is 1. The minimum atomic E-state index is 0.142. The summed E-state index contributed by atoms with van der Waals surface area (Å²) in [5, 5.41) is 0. The van der Waals surface area contributed by atoms with E-state index >= 15 is 0 Å². The molecule has 3 rings (SSSR count). The van der Waals surface area contributed by atoms with Gasteiger partial charge >= 0.3 is 0 Å². The number of pyridine rings is 1. The maximum atomic E-state index is 5.95. The molecule has 0 saturated carbocycles. The number of likely N-dealkylation sites (N-methyl/N-ethyl adjacent to an activating group) is 1. The number of unbranched alkanes of at least 4 members (excludes halogenated alkanes) is 1. The molecule has 0 bridgehead atoms. The molecular formula is C36H54N2O3+2. The smallest absolute Gasteiger partial charge is 0.168 e. The number of aryl methyl sites for hydroxylation is 1. The van der Waals surface area contributed by atoms with Gasteiger partial charge in [0.05, 0.1) is 33.9 Å². The Labute approximate surface area is 249 Å². The minimum Gasteiger partial charge on any atom is -0.494 e. The molecule has 0 aliphatic carbocycles. The highest BCUT2D eigenvalue weighted by atomic mass is 16.5. The third kappa shape index (κ3) is 12.7. The van der Waals surface area contributed by atoms with Crippen LogP contribution in [0.3, 0.4) is 0 Å². The molecule has 224 valence electrons. The molecule has 2 aromatic carbocycles. The molecule has 0 atom stereocenters. The second kappa shape index (κ2) is 15.4. The SMILES string of the molecule is CC(C)(C)CC(C)(C)c1ccc(OCCOCC[N+](C)(C)Cc2ccc(OCCCC[n+]3ccccc3)cc2)cc1. The second-order valence-electron chi connectivity index (χ2n) is 13.7. The molecule has 0 spiro atoms. The molecule has 0 fully saturated rings. The Hall–Kier alpha value is -2.89. The van der Waals surface area contributed by atoms with Crippen molar-refractivity contribution >= 4 is 0 Å². The lowest BCUT2D eigenvalue weighted by molar-refractivity contribution is -0.904. The predicted octanol–water partition coefficient (Wildman–Crippen LogP) is 7.22. The Balaban J connectivity index is 1.28. The fraction of sp³-hybridized carbons (Fsp3) is 0.528. The fourth-order valence-corrected chi connectivity index (χ4v) is 5.50. The number of hydrogen-bond acceptors (Lipinski definition) is 3. The summed E-state index contributed by atoms with van der Waals surface area (Å²) in [6, 6.07) is 23.3. The van der Waals surface area contributed by atoms with Gasteiger partial charge in [-0.1, -0.05) is 52.8 Å². The lowest BCUT2D eigenvalue weighted by Crippen LogP contribution is -2.41. The van der Waals surface area contributed by atoms with Crippen LogP contribution in [0.5, 0.6) is 11.5 Å². The minimum absolute atomic E-state index is 0.142. The van der Waals surface area contributed by atoms with Crippen molar-refractivity contribution in [2.24, 2.45) is 5.41 Å². The number of quaternary nitrogens is 1. The largest absolute Gasteiger partial charge is 0.494 e. The first kappa shape index (κ1) is 32.6. The monoisotopic (exact) mass is 562 g/mol. The Kier molecular flexibility index (Phi) is 12.2. The van der Waals surface area contributed by atoms with Crippen LogP contribution < -0.4 is 14.0 Å². The van der Waals surface area contributed by atoms with Crippen molar-refractivity contribution < 1.29 is 23.3 Å². The number of rotatable bonds is 17. The molecule has 1 aromatic heterocycles. The van der Waals surface area contributed by atoms with Gasteiger partial charge in [-0.25, -0.2) is 4.57 Å². The normalized spacial score (nSPS) is 12.4. The van der Waals surface area contributed by atoms with Crippen LogP contribution in [0.1, 0.15) is 65.0 Å². The Morgan fingerprint density at radius 3 is 1.93 bits per heavy atom. The summed E-state index contributed by atoms with van der Waals surface area (Å²) in [6.45, 7) is 17.1. The third-order valence-electron chi connectivity index (χ3n) is 7.34. The average molecular weight is 563 g/mol. The van der Waals surface area contributed by atoms with Gasteiger partial charge in [0.1, 0.15) is 37.7 Å². The summed E-state index contributed by atoms with van der Waals surface area (Å²) in [5.41, 5.74) is 3.10. The molecule has 0 radical (unpaired) electrons. The van der Waals surface area contributed by atoms with Gasteiger partial charge in [0.2, 0.25) is 0 Å². The molecule has 0 amide bonds. The lowest BCUT2D eigenvalue weighted by atomic mass is 9.72. The molecule has 41 heavy (non-hydrogen) atoms. The van der Waals surface area contributed by atoms with E-state index in [0.717, 1.165) is 61.5 Å². The van der Waals surface area contributed by atoms with E-state index in [1.807, 2.05) is 6.07 Å². The molecule has 0 N–H and O–H groups in total. The molecule has 3 aromatic rings. The van der Waals surface area contributed by atoms with Gasteiger partial charge < -0.3 is 18.7 Å². The number of ether oxygens (including phenoxy) is 3. The first-order chi connectivity index (χ1) is 19.4. The van der Waals surface area contributed by atoms with Crippen LogP contribution >= 0.6 is 0 Å². The average Bonchev–Trinajstić information content (AvgIpc) is 2.91. The van der Waals surface area contributed by atoms with Gasteiger partial charge in [0.15, 0.2) is 12.4 Å². The van der Waals surface area contributed by atoms with Crippen molar-refractivity contribution in [3.05, 3.63) is 90.3 Å². The zero-order valence-electron chi connectivity index (χ0n) is 26.7. The first-order valence-corrected chi connectivity index (χ1v) is 15.2. The lowest BCUT2D eigenvalue weighted by Gasteiger charge is -2.33. The van der Waals surface area contributed by atoms with E-state index in [2.05, 4.69) is 126 Å². The fourth-order valence-electron chi connectivity index (χ4n) is 5.50. The quantitative estimate of drug-likeness (QED) is 0.0989. The molecule has 5 heteroatoms. The van der Waals surface area contributed by atoms with Crippen molar-refractivity contribution in [3.63, 3.8) is 0 Å². The Bertz CT molecular complexity index is 1130. The van der Waals surface area contributed by atoms with E-state index in [1.165, 1.54) is 11.1 Å². The maximum absolute atomic E-state index is 5.95. The van der Waals surface area contributed by atoms with Crippen LogP contribution in [-0.4, -0.2) is 51.6 Å². The van der Waals surface area contributed by atoms with Crippen LogP contribution in [0.2, 0.25) is 0 Å². The molecule has 0 unspecified atom stereocenters. The van der Waals surface area contributed by atoms with Crippen molar-refractivity contribution in [3.8, 4) is 11.5 Å². The van der Waals surface area contributed by atoms with Crippen LogP contribution in [-0.2, 0) is 23.2 Å². The zero-order valence-corrected chi connectivity index (χ0v) is 26.7. The highest BCUT2D eigenvalue weighted by molar-refractivity contribution is 5.32. The van der Waals surface area contributed by atoms with Gasteiger partial charge in [-0.05, 0) is 65.6 Å². The van der Waals surface area contributed by atoms with Gasteiger partial charge in [-0.3, -0.25) is 0 Å². The van der Waals surface area contributed by atoms with Gasteiger partial charge in [0.25, 0.3) is 0 Å². The molecular weight excluding hydrogens is 508 g/mol. The molecule has 5 nitrogen and oxygen atoms in total. The summed E-state index contributed by atoms with van der Waals surface area (Å²) in [4.78, 5) is 0. The second-order valence-corrected chi connectivity index (χ2v) is 13.7. The maximum Gasteiger partial charge on any atom is 0.168 e. The van der Waals surface area contributed by atoms with Crippen molar-refractivity contribution in [2.45, 2.75) is 72.4 Å². The van der Waals surface area contributed by atoms with Gasteiger partial charge in [-0.2, -0.15) is 0 Å². The van der Waals surface area contributed by atoms with E-state index in [4.69, 9.17) is 14.2 Å². The molecule has 0 saturated heterocycles. The number of nitrogens with zero attached hydrogens (tertiary/aromatic N) is 2. The predicted molar refractivity (Wildman–Crippen MR) is 168 cm³/mol. The van der Waals surface area contributed by atoms with Crippen molar-refractivity contribution in [1.29, 1.82) is 0 Å². The molecule has 0 aliphatic rings. The first-order valence-electron chi connectivity index (χ1n) is 15.2. The molecule has 0 aliphatic heterocycles. The van der Waals surface area contributed by atoms with E-state index in [9.17, 15) is 0 Å². The number of benzene rings is 2. The third-order valence-corrected chi connectivity index (χ3v) is 7.34. The van der Waals surface area contributed by atoms with Crippen molar-refractivity contribution in [1.82, 2.24) is 0 Å². The van der Waals surface area contributed by atoms with Crippen molar-refractivity contribution in [2.75, 3.05) is 47.1 Å². The summed E-state index contributed by atoms with van der Waals surface area (Å²) in [7, 11) is 4.50. The van der Waals surface area contributed by atoms with Crippen LogP contribution in [0.25, 0.3) is 0 Å². The molecule has 1 heterocycles. The Morgan fingerprint density at radius 1 is 0.683 bits per heavy atom. The van der Waals surface area contributed by atoms with Crippen LogP contribution in [0.4, 0.5) is 0 Å². The Morgan fingerprint density at radius 2 is 1.29 bits per heavy atom. The van der Waals surface area contributed by atoms with Gasteiger partial charge in [0, 0.05) is 24.1 Å². The van der Waals surface area contributed by atoms with Crippen LogP contribution in [0, 0.1) is 5.41 Å². The summed E-state index contributed by atoms with van der Waals surface area (Å²) >= 11 is 0. The van der Waals surface area contributed by atoms with E-state index in [0.29, 0.717) is 25.2 Å². The van der Waals surface area contributed by atoms with E-state index in [-0.39, 0.29) is 5.41 Å². The highest BCUT2D eigenvalue weighted by Gasteiger charge is 2.27. The van der Waals surface area contributed by atoms with Gasteiger partial charge in [-0.15, -0.1) is 0 Å². The van der Waals surface area contributed by atoms with Crippen LogP contribution in [0.15, 0.2) is 79.1 Å². The summed E-state index contributed by atoms with van der Waals surface area (Å²) in [6.07, 6.45) is 7.50. The topological polar surface area (TPSA) is 31.6 Å². The van der Waals surface area contributed by atoms with E-state index in [1.54, 1.807) is 0 Å². The zero-order chi connectivity index (χ0) is 29.8.